The van der Waals surface area contributed by atoms with Crippen LogP contribution < -0.4 is 0 Å². The minimum Gasteiger partial charge on any atom is -0.0955 e. The van der Waals surface area contributed by atoms with E-state index in [-0.39, 0.29) is 0 Å². The Morgan fingerprint density at radius 1 is 1.83 bits per heavy atom. The number of hydrogen-bond acceptors (Lipinski definition) is 0. The van der Waals surface area contributed by atoms with E-state index >= 15 is 0 Å². The van der Waals surface area contributed by atoms with Crippen LogP contribution in [-0.4, -0.2) is 6.16 Å². The van der Waals surface area contributed by atoms with E-state index in [4.69, 9.17) is 0 Å². The maximum atomic E-state index is 3.77. The van der Waals surface area contributed by atoms with Crippen LogP contribution in [0.4, 0.5) is 0 Å². The summed E-state index contributed by atoms with van der Waals surface area (Å²) in [5.41, 5.74) is 1.29. The van der Waals surface area contributed by atoms with E-state index in [1.165, 1.54) is 11.7 Å². The Bertz CT molecular complexity index is 92.1. The Labute approximate surface area is 39.7 Å². The molecule has 32 valence electrons. The lowest BCUT2D eigenvalue weighted by molar-refractivity contribution is 1.63. The fraction of sp³-hybridized carbons (Fsp3) is 0.200. The summed E-state index contributed by atoms with van der Waals surface area (Å²) in [6.07, 6.45) is 3.30. The average Bonchev–Trinajstić information content (AvgIpc) is 1.86. The normalized spacial score (nSPS) is 23.7. The van der Waals surface area contributed by atoms with Gasteiger partial charge in [0, 0.05) is 0 Å². The monoisotopic (exact) mass is 98.0 g/mol. The van der Waals surface area contributed by atoms with Gasteiger partial charge in [0.15, 0.2) is 0 Å². The molecule has 0 spiro atoms. The number of allylic oxidation sites excluding steroid dienone is 2. The summed E-state index contributed by atoms with van der Waals surface area (Å²) in [5.74, 6) is 2.18. The lowest BCUT2D eigenvalue weighted by Crippen LogP contribution is -1.64. The van der Waals surface area contributed by atoms with Crippen molar-refractivity contribution in [3.8, 4) is 0 Å². The van der Waals surface area contributed by atoms with Crippen molar-refractivity contribution in [2.45, 2.75) is 0 Å². The van der Waals surface area contributed by atoms with Gasteiger partial charge in [0.2, 0.25) is 0 Å². The van der Waals surface area contributed by atoms with Gasteiger partial charge in [-0.25, -0.2) is 0 Å². The van der Waals surface area contributed by atoms with Gasteiger partial charge in [0.25, 0.3) is 0 Å². The zero-order valence-corrected chi connectivity index (χ0v) is 4.57. The molecule has 1 heteroatoms. The molecule has 1 aliphatic heterocycles. The van der Waals surface area contributed by atoms with E-state index in [2.05, 4.69) is 18.5 Å². The van der Waals surface area contributed by atoms with Crippen LogP contribution in [-0.2, 0) is 0 Å². The van der Waals surface area contributed by atoms with E-state index < -0.39 is 0 Å². The van der Waals surface area contributed by atoms with Crippen LogP contribution in [0.5, 0.6) is 0 Å². The van der Waals surface area contributed by atoms with Crippen LogP contribution in [0.1, 0.15) is 0 Å². The minimum atomic E-state index is 1.01. The van der Waals surface area contributed by atoms with Crippen LogP contribution in [0.3, 0.4) is 0 Å². The maximum Gasteiger partial charge on any atom is -0.00718 e. The van der Waals surface area contributed by atoms with Crippen LogP contribution in [0.15, 0.2) is 24.0 Å². The maximum absolute atomic E-state index is 3.77. The van der Waals surface area contributed by atoms with Gasteiger partial charge in [0.05, 0.1) is 0 Å². The molecule has 0 aromatic carbocycles. The van der Waals surface area contributed by atoms with Crippen LogP contribution >= 0.6 is 8.58 Å². The second kappa shape index (κ2) is 1.57. The first kappa shape index (κ1) is 4.08. The van der Waals surface area contributed by atoms with Crippen LogP contribution in [0.25, 0.3) is 0 Å². The summed E-state index contributed by atoms with van der Waals surface area (Å²) in [6, 6.07) is 0. The Hall–Kier alpha value is -0.0900. The quantitative estimate of drug-likeness (QED) is 0.405. The van der Waals surface area contributed by atoms with Crippen molar-refractivity contribution in [1.82, 2.24) is 0 Å². The highest BCUT2D eigenvalue weighted by atomic mass is 31.1. The van der Waals surface area contributed by atoms with Crippen molar-refractivity contribution >= 4 is 8.58 Å². The molecular formula is C5H7P. The molecule has 0 aromatic rings. The van der Waals surface area contributed by atoms with Crippen molar-refractivity contribution in [1.29, 1.82) is 0 Å². The summed E-state index contributed by atoms with van der Waals surface area (Å²) >= 11 is 0. The molecule has 1 heterocycles. The molecule has 0 N–H and O–H groups in total. The fourth-order valence-corrected chi connectivity index (χ4v) is 1.28. The second-order valence-corrected chi connectivity index (χ2v) is 2.47. The molecule has 1 atom stereocenters. The summed E-state index contributed by atoms with van der Waals surface area (Å²) in [6.45, 7) is 3.77. The van der Waals surface area contributed by atoms with Gasteiger partial charge in [0.1, 0.15) is 0 Å². The molecule has 0 bridgehead atoms. The standard InChI is InChI=1S/C5H7P/c1-5-2-3-6-4-5/h2-3,6H,1,4H2. The van der Waals surface area contributed by atoms with E-state index in [1.807, 2.05) is 0 Å². The zero-order valence-electron chi connectivity index (χ0n) is 3.57. The third-order valence-corrected chi connectivity index (χ3v) is 1.83. The Morgan fingerprint density at radius 2 is 2.67 bits per heavy atom. The van der Waals surface area contributed by atoms with Gasteiger partial charge >= 0.3 is 0 Å². The summed E-state index contributed by atoms with van der Waals surface area (Å²) < 4.78 is 0. The Balaban J connectivity index is 2.59. The first-order valence-corrected chi connectivity index (χ1v) is 3.26. The Morgan fingerprint density at radius 3 is 2.83 bits per heavy atom. The molecule has 6 heavy (non-hydrogen) atoms. The molecule has 0 aliphatic carbocycles. The molecule has 1 unspecified atom stereocenters. The molecule has 1 aliphatic rings. The van der Waals surface area contributed by atoms with Crippen molar-refractivity contribution in [2.24, 2.45) is 0 Å². The molecule has 0 saturated heterocycles. The molecule has 0 saturated carbocycles. The molecular weight excluding hydrogens is 91.0 g/mol. The van der Waals surface area contributed by atoms with E-state index in [0.29, 0.717) is 0 Å². The van der Waals surface area contributed by atoms with Crippen LogP contribution in [0, 0.1) is 0 Å². The van der Waals surface area contributed by atoms with E-state index in [0.717, 1.165) is 8.58 Å². The first-order chi connectivity index (χ1) is 2.89. The van der Waals surface area contributed by atoms with Crippen molar-refractivity contribution in [3.05, 3.63) is 24.0 Å². The number of hydrogen-bond donors (Lipinski definition) is 0. The highest BCUT2D eigenvalue weighted by molar-refractivity contribution is 7.42. The highest BCUT2D eigenvalue weighted by Gasteiger charge is 1.91. The third-order valence-electron chi connectivity index (χ3n) is 0.766. The number of rotatable bonds is 0. The Kier molecular flexibility index (Phi) is 1.07. The molecule has 0 nitrogen and oxygen atoms in total. The lowest BCUT2D eigenvalue weighted by atomic mass is 10.4. The topological polar surface area (TPSA) is 0 Å². The highest BCUT2D eigenvalue weighted by Crippen LogP contribution is 2.23. The summed E-state index contributed by atoms with van der Waals surface area (Å²) in [5, 5.41) is 0. The predicted octanol–water partition coefficient (Wildman–Crippen LogP) is 1.75. The molecule has 0 radical (unpaired) electrons. The van der Waals surface area contributed by atoms with Crippen molar-refractivity contribution in [3.63, 3.8) is 0 Å². The van der Waals surface area contributed by atoms with E-state index in [1.54, 1.807) is 0 Å². The first-order valence-electron chi connectivity index (χ1n) is 1.97. The predicted molar refractivity (Wildman–Crippen MR) is 31.5 cm³/mol. The SMILES string of the molecule is C=C1C=CPC1. The van der Waals surface area contributed by atoms with Gasteiger partial charge in [-0.1, -0.05) is 32.6 Å². The molecule has 0 amide bonds. The minimum absolute atomic E-state index is 1.01. The molecule has 0 fully saturated rings. The van der Waals surface area contributed by atoms with Gasteiger partial charge in [-0.15, -0.1) is 0 Å². The molecule has 1 rings (SSSR count). The van der Waals surface area contributed by atoms with Crippen LogP contribution in [0.2, 0.25) is 0 Å². The van der Waals surface area contributed by atoms with Gasteiger partial charge in [-0.3, -0.25) is 0 Å². The van der Waals surface area contributed by atoms with Gasteiger partial charge < -0.3 is 0 Å². The van der Waals surface area contributed by atoms with Crippen molar-refractivity contribution in [2.75, 3.05) is 6.16 Å². The fourth-order valence-electron chi connectivity index (χ4n) is 0.426. The zero-order chi connectivity index (χ0) is 4.41. The van der Waals surface area contributed by atoms with Crippen molar-refractivity contribution < 1.29 is 0 Å². The smallest absolute Gasteiger partial charge is 0.00718 e. The van der Waals surface area contributed by atoms with Gasteiger partial charge in [-0.05, 0) is 6.16 Å². The third kappa shape index (κ3) is 0.693. The van der Waals surface area contributed by atoms with E-state index in [9.17, 15) is 0 Å². The average molecular weight is 98.1 g/mol. The largest absolute Gasteiger partial charge is 0.0955 e. The molecule has 0 aromatic heterocycles. The van der Waals surface area contributed by atoms with Gasteiger partial charge in [-0.2, -0.15) is 0 Å². The second-order valence-electron chi connectivity index (χ2n) is 1.37. The lowest BCUT2D eigenvalue weighted by Gasteiger charge is -1.78. The summed E-state index contributed by atoms with van der Waals surface area (Å²) in [7, 11) is 1.01. The summed E-state index contributed by atoms with van der Waals surface area (Å²) in [4.78, 5) is 0.